The lowest BCUT2D eigenvalue weighted by molar-refractivity contribution is -0.117. The fraction of sp³-hybridized carbons (Fsp3) is 0.600. The lowest BCUT2D eigenvalue weighted by Crippen LogP contribution is -2.41. The Balaban J connectivity index is 1.57. The molecule has 2 fully saturated rings. The molecule has 6 nitrogen and oxygen atoms in total. The van der Waals surface area contributed by atoms with E-state index in [0.717, 1.165) is 18.5 Å². The predicted molar refractivity (Wildman–Crippen MR) is 101 cm³/mol. The summed E-state index contributed by atoms with van der Waals surface area (Å²) in [6.45, 7) is 7.67. The third-order valence-corrected chi connectivity index (χ3v) is 4.98. The smallest absolute Gasteiger partial charge is 0.410 e. The SMILES string of the molecule is CC(C)(C)OC(=O)N1CCC(c2ccc(N3CC(N)CC3=O)cc2)CC1. The molecule has 1 aromatic carbocycles. The van der Waals surface area contributed by atoms with Crippen molar-refractivity contribution in [2.75, 3.05) is 24.5 Å². The van der Waals surface area contributed by atoms with Crippen LogP contribution < -0.4 is 10.6 Å². The molecule has 3 rings (SSSR count). The van der Waals surface area contributed by atoms with Crippen LogP contribution in [0, 0.1) is 0 Å². The molecule has 0 radical (unpaired) electrons. The lowest BCUT2D eigenvalue weighted by atomic mass is 9.89. The van der Waals surface area contributed by atoms with E-state index in [1.54, 1.807) is 9.80 Å². The number of carbonyl (C=O) groups excluding carboxylic acids is 2. The van der Waals surface area contributed by atoms with Gasteiger partial charge in [-0.25, -0.2) is 4.79 Å². The summed E-state index contributed by atoms with van der Waals surface area (Å²) < 4.78 is 5.45. The highest BCUT2D eigenvalue weighted by molar-refractivity contribution is 5.96. The first-order chi connectivity index (χ1) is 12.2. The molecule has 2 saturated heterocycles. The van der Waals surface area contributed by atoms with Crippen molar-refractivity contribution in [1.29, 1.82) is 0 Å². The number of hydrogen-bond acceptors (Lipinski definition) is 4. The summed E-state index contributed by atoms with van der Waals surface area (Å²) in [5, 5.41) is 0. The molecule has 2 heterocycles. The third-order valence-electron chi connectivity index (χ3n) is 4.98. The van der Waals surface area contributed by atoms with Crippen LogP contribution in [0.3, 0.4) is 0 Å². The number of nitrogens with zero attached hydrogens (tertiary/aromatic N) is 2. The van der Waals surface area contributed by atoms with E-state index in [2.05, 4.69) is 12.1 Å². The molecule has 0 spiro atoms. The molecule has 142 valence electrons. The van der Waals surface area contributed by atoms with Crippen molar-refractivity contribution in [2.24, 2.45) is 5.73 Å². The maximum atomic E-state index is 12.2. The molecular weight excluding hydrogens is 330 g/mol. The number of carbonyl (C=O) groups is 2. The van der Waals surface area contributed by atoms with Gasteiger partial charge < -0.3 is 20.3 Å². The molecule has 1 aromatic rings. The minimum atomic E-state index is -0.459. The largest absolute Gasteiger partial charge is 0.444 e. The minimum Gasteiger partial charge on any atom is -0.444 e. The van der Waals surface area contributed by atoms with Gasteiger partial charge in [-0.2, -0.15) is 0 Å². The van der Waals surface area contributed by atoms with Crippen molar-refractivity contribution < 1.29 is 14.3 Å². The lowest BCUT2D eigenvalue weighted by Gasteiger charge is -2.33. The first-order valence-electron chi connectivity index (χ1n) is 9.37. The van der Waals surface area contributed by atoms with Gasteiger partial charge in [-0.15, -0.1) is 0 Å². The molecule has 1 atom stereocenters. The van der Waals surface area contributed by atoms with Gasteiger partial charge in [0.1, 0.15) is 5.60 Å². The quantitative estimate of drug-likeness (QED) is 0.881. The second kappa shape index (κ2) is 7.27. The summed E-state index contributed by atoms with van der Waals surface area (Å²) in [6.07, 6.45) is 2.04. The van der Waals surface area contributed by atoms with Gasteiger partial charge in [-0.1, -0.05) is 12.1 Å². The van der Waals surface area contributed by atoms with E-state index in [1.807, 2.05) is 32.9 Å². The molecular formula is C20H29N3O3. The van der Waals surface area contributed by atoms with Gasteiger partial charge in [-0.05, 0) is 57.2 Å². The molecule has 1 unspecified atom stereocenters. The Kier molecular flexibility index (Phi) is 5.23. The summed E-state index contributed by atoms with van der Waals surface area (Å²) in [5.41, 5.74) is 7.58. The van der Waals surface area contributed by atoms with Gasteiger partial charge in [0.2, 0.25) is 5.91 Å². The van der Waals surface area contributed by atoms with E-state index in [4.69, 9.17) is 10.5 Å². The van der Waals surface area contributed by atoms with Crippen LogP contribution in [0.15, 0.2) is 24.3 Å². The van der Waals surface area contributed by atoms with Crippen molar-refractivity contribution in [2.45, 2.75) is 57.6 Å². The molecule has 0 saturated carbocycles. The first kappa shape index (κ1) is 18.7. The van der Waals surface area contributed by atoms with Crippen LogP contribution in [-0.4, -0.2) is 48.2 Å². The van der Waals surface area contributed by atoms with Crippen LogP contribution >= 0.6 is 0 Å². The summed E-state index contributed by atoms with van der Waals surface area (Å²) in [7, 11) is 0. The number of ether oxygens (including phenoxy) is 1. The highest BCUT2D eigenvalue weighted by Crippen LogP contribution is 2.31. The van der Waals surface area contributed by atoms with Crippen molar-refractivity contribution in [1.82, 2.24) is 4.90 Å². The zero-order valence-corrected chi connectivity index (χ0v) is 15.9. The van der Waals surface area contributed by atoms with Gasteiger partial charge in [0, 0.05) is 37.8 Å². The van der Waals surface area contributed by atoms with Crippen molar-refractivity contribution in [3.63, 3.8) is 0 Å². The fourth-order valence-electron chi connectivity index (χ4n) is 3.63. The zero-order chi connectivity index (χ0) is 18.9. The van der Waals surface area contributed by atoms with E-state index in [9.17, 15) is 9.59 Å². The van der Waals surface area contributed by atoms with Crippen LogP contribution in [0.1, 0.15) is 51.5 Å². The Hall–Kier alpha value is -2.08. The number of amides is 2. The number of rotatable bonds is 2. The molecule has 0 aromatic heterocycles. The van der Waals surface area contributed by atoms with E-state index in [0.29, 0.717) is 32.0 Å². The number of benzene rings is 1. The topological polar surface area (TPSA) is 75.9 Å². The van der Waals surface area contributed by atoms with Crippen LogP contribution in [-0.2, 0) is 9.53 Å². The highest BCUT2D eigenvalue weighted by atomic mass is 16.6. The van der Waals surface area contributed by atoms with Gasteiger partial charge in [-0.3, -0.25) is 4.79 Å². The summed E-state index contributed by atoms with van der Waals surface area (Å²) in [6, 6.07) is 8.14. The van der Waals surface area contributed by atoms with Crippen molar-refractivity contribution >= 4 is 17.7 Å². The predicted octanol–water partition coefficient (Wildman–Crippen LogP) is 2.87. The number of nitrogens with two attached hydrogens (primary N) is 1. The second-order valence-corrected chi connectivity index (χ2v) is 8.30. The minimum absolute atomic E-state index is 0.0700. The van der Waals surface area contributed by atoms with E-state index in [1.165, 1.54) is 5.56 Å². The molecule has 2 aliphatic heterocycles. The Bertz CT molecular complexity index is 658. The standard InChI is InChI=1S/C20H29N3O3/c1-20(2,3)26-19(25)22-10-8-15(9-11-22)14-4-6-17(7-5-14)23-13-16(21)12-18(23)24/h4-7,15-16H,8-13,21H2,1-3H3. The van der Waals surface area contributed by atoms with Gasteiger partial charge in [0.25, 0.3) is 0 Å². The number of anilines is 1. The van der Waals surface area contributed by atoms with E-state index < -0.39 is 5.60 Å². The van der Waals surface area contributed by atoms with Gasteiger partial charge >= 0.3 is 6.09 Å². The maximum absolute atomic E-state index is 12.2. The Morgan fingerprint density at radius 2 is 1.77 bits per heavy atom. The monoisotopic (exact) mass is 359 g/mol. The molecule has 0 bridgehead atoms. The average Bonchev–Trinajstić information content (AvgIpc) is 2.92. The first-order valence-corrected chi connectivity index (χ1v) is 9.37. The molecule has 2 N–H and O–H groups in total. The van der Waals surface area contributed by atoms with Crippen LogP contribution in [0.5, 0.6) is 0 Å². The molecule has 2 aliphatic rings. The van der Waals surface area contributed by atoms with Gasteiger partial charge in [0.15, 0.2) is 0 Å². The normalized spacial score (nSPS) is 22.0. The average molecular weight is 359 g/mol. The number of hydrogen-bond donors (Lipinski definition) is 1. The number of likely N-dealkylation sites (tertiary alicyclic amines) is 1. The molecule has 26 heavy (non-hydrogen) atoms. The molecule has 2 amide bonds. The van der Waals surface area contributed by atoms with Crippen molar-refractivity contribution in [3.05, 3.63) is 29.8 Å². The maximum Gasteiger partial charge on any atom is 0.410 e. The fourth-order valence-corrected chi connectivity index (χ4v) is 3.63. The van der Waals surface area contributed by atoms with Crippen molar-refractivity contribution in [3.8, 4) is 0 Å². The Morgan fingerprint density at radius 3 is 2.27 bits per heavy atom. The van der Waals surface area contributed by atoms with Crippen LogP contribution in [0.4, 0.5) is 10.5 Å². The summed E-state index contributed by atoms with van der Waals surface area (Å²) >= 11 is 0. The summed E-state index contributed by atoms with van der Waals surface area (Å²) in [5.74, 6) is 0.523. The second-order valence-electron chi connectivity index (χ2n) is 8.30. The van der Waals surface area contributed by atoms with Crippen LogP contribution in [0.2, 0.25) is 0 Å². The third kappa shape index (κ3) is 4.36. The van der Waals surface area contributed by atoms with E-state index >= 15 is 0 Å². The summed E-state index contributed by atoms with van der Waals surface area (Å²) in [4.78, 5) is 27.7. The van der Waals surface area contributed by atoms with E-state index in [-0.39, 0.29) is 18.0 Å². The Morgan fingerprint density at radius 1 is 1.15 bits per heavy atom. The zero-order valence-electron chi connectivity index (χ0n) is 15.9. The molecule has 0 aliphatic carbocycles. The van der Waals surface area contributed by atoms with Crippen LogP contribution in [0.25, 0.3) is 0 Å². The highest BCUT2D eigenvalue weighted by Gasteiger charge is 2.29. The Labute approximate surface area is 155 Å². The van der Waals surface area contributed by atoms with Gasteiger partial charge in [0.05, 0.1) is 0 Å². The molecule has 6 heteroatoms. The number of piperidine rings is 1.